The highest BCUT2D eigenvalue weighted by atomic mass is 127. The summed E-state index contributed by atoms with van der Waals surface area (Å²) in [5, 5.41) is 2.99. The Morgan fingerprint density at radius 2 is 1.03 bits per heavy atom. The lowest BCUT2D eigenvalue weighted by Crippen LogP contribution is -3.00. The normalized spacial score (nSPS) is 10.4. The van der Waals surface area contributed by atoms with E-state index in [1.807, 2.05) is 11.6 Å². The van der Waals surface area contributed by atoms with Crippen LogP contribution in [0.2, 0.25) is 0 Å². The zero-order valence-corrected chi connectivity index (χ0v) is 19.1. The van der Waals surface area contributed by atoms with Crippen LogP contribution in [-0.4, -0.2) is 4.98 Å². The monoisotopic (exact) mass is 518 g/mol. The van der Waals surface area contributed by atoms with Gasteiger partial charge in [-0.3, -0.25) is 0 Å². The van der Waals surface area contributed by atoms with Crippen molar-refractivity contribution in [3.63, 3.8) is 0 Å². The minimum atomic E-state index is 0. The van der Waals surface area contributed by atoms with E-state index < -0.39 is 0 Å². The molecule has 0 N–H and O–H groups in total. The number of pyridine rings is 1. The molecule has 0 fully saturated rings. The summed E-state index contributed by atoms with van der Waals surface area (Å²) in [6, 6.07) is 36.1. The Morgan fingerprint density at radius 1 is 0.567 bits per heavy atom. The van der Waals surface area contributed by atoms with E-state index in [1.165, 1.54) is 11.1 Å². The van der Waals surface area contributed by atoms with Crippen molar-refractivity contribution in [2.45, 2.75) is 0 Å². The van der Waals surface area contributed by atoms with Crippen molar-refractivity contribution in [3.8, 4) is 38.8 Å². The largest absolute Gasteiger partial charge is 1.00 e. The number of hydrogen-bond acceptors (Lipinski definition) is 2. The Hall–Kier alpha value is -2.83. The lowest BCUT2D eigenvalue weighted by Gasteiger charge is -2.14. The number of halogens is 1. The maximum atomic E-state index is 4.64. The average Bonchev–Trinajstić information content (AvgIpc) is 3.34. The number of benzene rings is 3. The van der Waals surface area contributed by atoms with Crippen molar-refractivity contribution in [2.24, 2.45) is 0 Å². The molecule has 0 saturated carbocycles. The SMILES string of the molecule is [I-].c1ccc(-c2cc(-c3ccccc3)[n+](-c3nccs3)c(-c3ccccc3)c2)cc1. The van der Waals surface area contributed by atoms with Crippen LogP contribution in [0, 0.1) is 0 Å². The second kappa shape index (κ2) is 9.32. The van der Waals surface area contributed by atoms with Crippen molar-refractivity contribution in [1.82, 2.24) is 4.98 Å². The van der Waals surface area contributed by atoms with Crippen molar-refractivity contribution in [2.75, 3.05) is 0 Å². The Morgan fingerprint density at radius 3 is 1.47 bits per heavy atom. The van der Waals surface area contributed by atoms with Crippen LogP contribution >= 0.6 is 11.3 Å². The maximum Gasteiger partial charge on any atom is 0.387 e. The molecule has 5 rings (SSSR count). The summed E-state index contributed by atoms with van der Waals surface area (Å²) in [5.41, 5.74) is 6.97. The molecule has 0 aliphatic carbocycles. The molecule has 2 heterocycles. The second-order valence-electron chi connectivity index (χ2n) is 6.76. The van der Waals surface area contributed by atoms with E-state index in [1.54, 1.807) is 11.3 Å². The molecule has 5 aromatic rings. The van der Waals surface area contributed by atoms with Gasteiger partial charge >= 0.3 is 5.13 Å². The third kappa shape index (κ3) is 4.06. The molecule has 2 aromatic heterocycles. The Balaban J connectivity index is 0.00000218. The van der Waals surface area contributed by atoms with Gasteiger partial charge in [0.2, 0.25) is 0 Å². The maximum absolute atomic E-state index is 4.64. The van der Waals surface area contributed by atoms with Gasteiger partial charge in [-0.25, -0.2) is 0 Å². The lowest BCUT2D eigenvalue weighted by molar-refractivity contribution is -0.571. The summed E-state index contributed by atoms with van der Waals surface area (Å²) >= 11 is 1.65. The highest BCUT2D eigenvalue weighted by Gasteiger charge is 2.23. The van der Waals surface area contributed by atoms with Crippen LogP contribution in [0.5, 0.6) is 0 Å². The summed E-state index contributed by atoms with van der Waals surface area (Å²) in [7, 11) is 0. The number of thiazole rings is 1. The van der Waals surface area contributed by atoms with E-state index in [9.17, 15) is 0 Å². The highest BCUT2D eigenvalue weighted by molar-refractivity contribution is 7.11. The van der Waals surface area contributed by atoms with E-state index >= 15 is 0 Å². The Kier molecular flexibility index (Phi) is 6.35. The van der Waals surface area contributed by atoms with Gasteiger partial charge in [-0.2, -0.15) is 4.57 Å². The molecular formula is C26H19IN2S. The Bertz CT molecular complexity index is 1160. The number of nitrogens with zero attached hydrogens (tertiary/aromatic N) is 2. The van der Waals surface area contributed by atoms with Crippen molar-refractivity contribution >= 4 is 11.3 Å². The van der Waals surface area contributed by atoms with Crippen LogP contribution in [-0.2, 0) is 0 Å². The number of rotatable bonds is 4. The molecule has 0 atom stereocenters. The first-order valence-corrected chi connectivity index (χ1v) is 10.4. The zero-order chi connectivity index (χ0) is 19.5. The predicted octanol–water partition coefficient (Wildman–Crippen LogP) is 3.42. The Labute approximate surface area is 197 Å². The topological polar surface area (TPSA) is 16.8 Å². The van der Waals surface area contributed by atoms with Crippen molar-refractivity contribution in [3.05, 3.63) is 115 Å². The predicted molar refractivity (Wildman–Crippen MR) is 120 cm³/mol. The van der Waals surface area contributed by atoms with Crippen LogP contribution < -0.4 is 28.5 Å². The second-order valence-corrected chi connectivity index (χ2v) is 7.64. The molecule has 3 aromatic carbocycles. The van der Waals surface area contributed by atoms with E-state index in [4.69, 9.17) is 0 Å². The molecular weight excluding hydrogens is 499 g/mol. The minimum absolute atomic E-state index is 0. The minimum Gasteiger partial charge on any atom is -1.00 e. The summed E-state index contributed by atoms with van der Waals surface area (Å²) < 4.78 is 2.27. The molecule has 0 amide bonds. The smallest absolute Gasteiger partial charge is 0.387 e. The number of aromatic nitrogens is 2. The van der Waals surface area contributed by atoms with Gasteiger partial charge in [0.05, 0.1) is 0 Å². The first kappa shape index (κ1) is 20.4. The lowest BCUT2D eigenvalue weighted by atomic mass is 9.99. The van der Waals surface area contributed by atoms with Gasteiger partial charge in [0.25, 0.3) is 0 Å². The van der Waals surface area contributed by atoms with Crippen LogP contribution in [0.15, 0.2) is 115 Å². The third-order valence-corrected chi connectivity index (χ3v) is 5.68. The zero-order valence-electron chi connectivity index (χ0n) is 16.2. The summed E-state index contributed by atoms with van der Waals surface area (Å²) in [4.78, 5) is 4.64. The molecule has 0 aliphatic rings. The molecule has 0 radical (unpaired) electrons. The van der Waals surface area contributed by atoms with Crippen LogP contribution in [0.4, 0.5) is 0 Å². The van der Waals surface area contributed by atoms with E-state index in [0.717, 1.165) is 27.6 Å². The quantitative estimate of drug-likeness (QED) is 0.263. The summed E-state index contributed by atoms with van der Waals surface area (Å²) in [5.74, 6) is 0. The van der Waals surface area contributed by atoms with Crippen molar-refractivity contribution < 1.29 is 28.5 Å². The van der Waals surface area contributed by atoms with E-state index in [0.29, 0.717) is 0 Å². The van der Waals surface area contributed by atoms with Gasteiger partial charge < -0.3 is 24.0 Å². The average molecular weight is 518 g/mol. The molecule has 30 heavy (non-hydrogen) atoms. The van der Waals surface area contributed by atoms with Gasteiger partial charge in [0.15, 0.2) is 6.20 Å². The standard InChI is InChI=1S/C26H19N2S.HI/c1-4-10-20(11-5-1)23-18-24(21-12-6-2-7-13-21)28(26-27-16-17-29-26)25(19-23)22-14-8-3-9-15-22;/h1-19H;1H/q+1;/p-1. The van der Waals surface area contributed by atoms with Gasteiger partial charge in [-0.1, -0.05) is 102 Å². The molecule has 146 valence electrons. The van der Waals surface area contributed by atoms with Gasteiger partial charge in [-0.15, -0.1) is 0 Å². The fourth-order valence-electron chi connectivity index (χ4n) is 3.57. The molecule has 4 heteroatoms. The van der Waals surface area contributed by atoms with E-state index in [-0.39, 0.29) is 24.0 Å². The van der Waals surface area contributed by atoms with Crippen LogP contribution in [0.1, 0.15) is 0 Å². The first-order valence-electron chi connectivity index (χ1n) is 9.56. The first-order chi connectivity index (χ1) is 14.4. The molecule has 0 unspecified atom stereocenters. The van der Waals surface area contributed by atoms with Crippen molar-refractivity contribution in [1.29, 1.82) is 0 Å². The highest BCUT2D eigenvalue weighted by Crippen LogP contribution is 2.30. The van der Waals surface area contributed by atoms with Crippen LogP contribution in [0.25, 0.3) is 38.8 Å². The summed E-state index contributed by atoms with van der Waals surface area (Å²) in [6.07, 6.45) is 1.86. The van der Waals surface area contributed by atoms with Crippen LogP contribution in [0.3, 0.4) is 0 Å². The molecule has 0 bridgehead atoms. The van der Waals surface area contributed by atoms with Gasteiger partial charge in [-0.05, 0) is 28.2 Å². The molecule has 2 nitrogen and oxygen atoms in total. The van der Waals surface area contributed by atoms with Gasteiger partial charge in [0, 0.05) is 16.5 Å². The fraction of sp³-hybridized carbons (Fsp3) is 0. The van der Waals surface area contributed by atoms with E-state index in [2.05, 4.69) is 113 Å². The molecule has 0 aliphatic heterocycles. The molecule has 0 spiro atoms. The van der Waals surface area contributed by atoms with Gasteiger partial charge in [0.1, 0.15) is 11.4 Å². The third-order valence-electron chi connectivity index (χ3n) is 4.92. The molecule has 0 saturated heterocycles. The number of hydrogen-bond donors (Lipinski definition) is 0. The summed E-state index contributed by atoms with van der Waals surface area (Å²) in [6.45, 7) is 0. The fourth-order valence-corrected chi connectivity index (χ4v) is 4.23.